The Morgan fingerprint density at radius 3 is 2.71 bits per heavy atom. The van der Waals surface area contributed by atoms with E-state index >= 15 is 0 Å². The molecule has 1 aromatic rings. The Morgan fingerprint density at radius 1 is 1.35 bits per heavy atom. The summed E-state index contributed by atoms with van der Waals surface area (Å²) in [5, 5.41) is 0. The average Bonchev–Trinajstić information content (AvgIpc) is 2.40. The molecule has 1 aliphatic rings. The van der Waals surface area contributed by atoms with Crippen molar-refractivity contribution >= 4 is 5.91 Å². The van der Waals surface area contributed by atoms with Crippen LogP contribution < -0.4 is 0 Å². The summed E-state index contributed by atoms with van der Waals surface area (Å²) in [7, 11) is 0. The van der Waals surface area contributed by atoms with Gasteiger partial charge in [-0.3, -0.25) is 19.7 Å². The molecule has 0 aliphatic carbocycles. The SMILES string of the molecule is C=CC(=O)N1CCN(Cc2cnccn2)CC1. The van der Waals surface area contributed by atoms with Crippen LogP contribution in [-0.4, -0.2) is 51.9 Å². The normalized spacial score (nSPS) is 16.8. The smallest absolute Gasteiger partial charge is 0.246 e. The third kappa shape index (κ3) is 3.10. The first-order chi connectivity index (χ1) is 8.29. The number of piperazine rings is 1. The first-order valence-corrected chi connectivity index (χ1v) is 5.68. The number of aromatic nitrogens is 2. The van der Waals surface area contributed by atoms with E-state index in [1.165, 1.54) is 6.08 Å². The lowest BCUT2D eigenvalue weighted by Crippen LogP contribution is -2.47. The molecule has 90 valence electrons. The molecule has 0 spiro atoms. The van der Waals surface area contributed by atoms with E-state index in [0.29, 0.717) is 0 Å². The number of nitrogens with zero attached hydrogens (tertiary/aromatic N) is 4. The Bertz CT molecular complexity index is 385. The predicted octanol–water partition coefficient (Wildman–Crippen LogP) is 0.307. The van der Waals surface area contributed by atoms with Crippen LogP contribution in [0, 0.1) is 0 Å². The van der Waals surface area contributed by atoms with Gasteiger partial charge in [0.2, 0.25) is 5.91 Å². The Hall–Kier alpha value is -1.75. The molecule has 1 saturated heterocycles. The molecule has 0 aromatic carbocycles. The second-order valence-electron chi connectivity index (χ2n) is 4.00. The average molecular weight is 232 g/mol. The molecule has 0 unspecified atom stereocenters. The number of hydrogen-bond acceptors (Lipinski definition) is 4. The standard InChI is InChI=1S/C12H16N4O/c1-2-12(17)16-7-5-15(6-8-16)10-11-9-13-3-4-14-11/h2-4,9H,1,5-8,10H2. The second kappa shape index (κ2) is 5.54. The van der Waals surface area contributed by atoms with Gasteiger partial charge in [-0.1, -0.05) is 6.58 Å². The maximum Gasteiger partial charge on any atom is 0.246 e. The van der Waals surface area contributed by atoms with Crippen LogP contribution in [0.5, 0.6) is 0 Å². The van der Waals surface area contributed by atoms with Gasteiger partial charge in [0, 0.05) is 51.3 Å². The lowest BCUT2D eigenvalue weighted by Gasteiger charge is -2.33. The van der Waals surface area contributed by atoms with E-state index in [2.05, 4.69) is 21.4 Å². The highest BCUT2D eigenvalue weighted by molar-refractivity contribution is 5.87. The molecule has 0 bridgehead atoms. The van der Waals surface area contributed by atoms with Gasteiger partial charge >= 0.3 is 0 Å². The quantitative estimate of drug-likeness (QED) is 0.704. The number of carbonyl (C=O) groups excluding carboxylic acids is 1. The Morgan fingerprint density at radius 2 is 2.12 bits per heavy atom. The molecular formula is C12H16N4O. The second-order valence-corrected chi connectivity index (χ2v) is 4.00. The Labute approximate surface area is 101 Å². The van der Waals surface area contributed by atoms with E-state index in [0.717, 1.165) is 38.4 Å². The van der Waals surface area contributed by atoms with E-state index in [9.17, 15) is 4.79 Å². The van der Waals surface area contributed by atoms with Crippen LogP contribution in [-0.2, 0) is 11.3 Å². The molecule has 0 saturated carbocycles. The summed E-state index contributed by atoms with van der Waals surface area (Å²) in [5.41, 5.74) is 0.969. The topological polar surface area (TPSA) is 49.3 Å². The molecule has 0 atom stereocenters. The Kier molecular flexibility index (Phi) is 3.82. The summed E-state index contributed by atoms with van der Waals surface area (Å²) in [6, 6.07) is 0. The first-order valence-electron chi connectivity index (χ1n) is 5.68. The zero-order valence-corrected chi connectivity index (χ0v) is 9.75. The van der Waals surface area contributed by atoms with Gasteiger partial charge < -0.3 is 4.90 Å². The highest BCUT2D eigenvalue weighted by Crippen LogP contribution is 2.06. The summed E-state index contributed by atoms with van der Waals surface area (Å²) in [6.07, 6.45) is 6.52. The van der Waals surface area contributed by atoms with E-state index in [1.54, 1.807) is 18.6 Å². The number of carbonyl (C=O) groups is 1. The third-order valence-corrected chi connectivity index (χ3v) is 2.86. The molecule has 1 aromatic heterocycles. The maximum atomic E-state index is 11.4. The fourth-order valence-electron chi connectivity index (χ4n) is 1.90. The van der Waals surface area contributed by atoms with Gasteiger partial charge in [-0.15, -0.1) is 0 Å². The molecule has 5 nitrogen and oxygen atoms in total. The van der Waals surface area contributed by atoms with E-state index in [-0.39, 0.29) is 5.91 Å². The summed E-state index contributed by atoms with van der Waals surface area (Å²) in [4.78, 5) is 23.8. The molecule has 2 heterocycles. The van der Waals surface area contributed by atoms with E-state index < -0.39 is 0 Å². The van der Waals surface area contributed by atoms with Crippen LogP contribution in [0.4, 0.5) is 0 Å². The molecule has 1 amide bonds. The fourth-order valence-corrected chi connectivity index (χ4v) is 1.90. The van der Waals surface area contributed by atoms with Crippen molar-refractivity contribution in [2.45, 2.75) is 6.54 Å². The highest BCUT2D eigenvalue weighted by atomic mass is 16.2. The molecule has 17 heavy (non-hydrogen) atoms. The lowest BCUT2D eigenvalue weighted by atomic mass is 10.3. The number of rotatable bonds is 3. The van der Waals surface area contributed by atoms with Gasteiger partial charge in [-0.05, 0) is 6.08 Å². The predicted molar refractivity (Wildman–Crippen MR) is 64.1 cm³/mol. The van der Waals surface area contributed by atoms with Gasteiger partial charge in [0.05, 0.1) is 5.69 Å². The fraction of sp³-hybridized carbons (Fsp3) is 0.417. The minimum Gasteiger partial charge on any atom is -0.337 e. The van der Waals surface area contributed by atoms with Gasteiger partial charge in [-0.25, -0.2) is 0 Å². The van der Waals surface area contributed by atoms with Crippen molar-refractivity contribution in [3.8, 4) is 0 Å². The zero-order chi connectivity index (χ0) is 12.1. The van der Waals surface area contributed by atoms with Crippen LogP contribution in [0.15, 0.2) is 31.2 Å². The van der Waals surface area contributed by atoms with Crippen LogP contribution in [0.2, 0.25) is 0 Å². The van der Waals surface area contributed by atoms with Gasteiger partial charge in [0.15, 0.2) is 0 Å². The minimum absolute atomic E-state index is 0.0177. The minimum atomic E-state index is 0.0177. The maximum absolute atomic E-state index is 11.4. The van der Waals surface area contributed by atoms with Crippen LogP contribution in [0.25, 0.3) is 0 Å². The van der Waals surface area contributed by atoms with Crippen molar-refractivity contribution in [2.24, 2.45) is 0 Å². The van der Waals surface area contributed by atoms with Crippen molar-refractivity contribution in [1.82, 2.24) is 19.8 Å². The molecular weight excluding hydrogens is 216 g/mol. The van der Waals surface area contributed by atoms with E-state index in [1.807, 2.05) is 4.90 Å². The summed E-state index contributed by atoms with van der Waals surface area (Å²) >= 11 is 0. The van der Waals surface area contributed by atoms with Crippen molar-refractivity contribution in [2.75, 3.05) is 26.2 Å². The van der Waals surface area contributed by atoms with Gasteiger partial charge in [0.25, 0.3) is 0 Å². The van der Waals surface area contributed by atoms with Gasteiger partial charge in [-0.2, -0.15) is 0 Å². The Balaban J connectivity index is 1.83. The van der Waals surface area contributed by atoms with E-state index in [4.69, 9.17) is 0 Å². The first kappa shape index (κ1) is 11.7. The van der Waals surface area contributed by atoms with Crippen molar-refractivity contribution in [3.63, 3.8) is 0 Å². The van der Waals surface area contributed by atoms with Crippen molar-refractivity contribution in [3.05, 3.63) is 36.9 Å². The molecule has 1 aliphatic heterocycles. The molecule has 0 N–H and O–H groups in total. The molecule has 0 radical (unpaired) electrons. The van der Waals surface area contributed by atoms with Crippen molar-refractivity contribution < 1.29 is 4.79 Å². The lowest BCUT2D eigenvalue weighted by molar-refractivity contribution is -0.127. The van der Waals surface area contributed by atoms with Crippen LogP contribution in [0.1, 0.15) is 5.69 Å². The third-order valence-electron chi connectivity index (χ3n) is 2.86. The molecule has 2 rings (SSSR count). The van der Waals surface area contributed by atoms with Crippen LogP contribution in [0.3, 0.4) is 0 Å². The summed E-state index contributed by atoms with van der Waals surface area (Å²) < 4.78 is 0. The monoisotopic (exact) mass is 232 g/mol. The molecule has 1 fully saturated rings. The molecule has 5 heteroatoms. The van der Waals surface area contributed by atoms with Crippen LogP contribution >= 0.6 is 0 Å². The largest absolute Gasteiger partial charge is 0.337 e. The summed E-state index contributed by atoms with van der Waals surface area (Å²) in [5.74, 6) is 0.0177. The number of hydrogen-bond donors (Lipinski definition) is 0. The summed E-state index contributed by atoms with van der Waals surface area (Å²) in [6.45, 7) is 7.55. The highest BCUT2D eigenvalue weighted by Gasteiger charge is 2.19. The number of amides is 1. The van der Waals surface area contributed by atoms with Crippen molar-refractivity contribution in [1.29, 1.82) is 0 Å². The van der Waals surface area contributed by atoms with Gasteiger partial charge in [0.1, 0.15) is 0 Å². The zero-order valence-electron chi connectivity index (χ0n) is 9.75.